The first-order valence-electron chi connectivity index (χ1n) is 4.98. The summed E-state index contributed by atoms with van der Waals surface area (Å²) in [5, 5.41) is 8.64. The van der Waals surface area contributed by atoms with Crippen molar-refractivity contribution in [3.63, 3.8) is 0 Å². The molecule has 1 aromatic heterocycles. The molecule has 0 atom stereocenters. The lowest BCUT2D eigenvalue weighted by Crippen LogP contribution is -2.21. The number of rotatable bonds is 5. The zero-order valence-corrected chi connectivity index (χ0v) is 10.3. The third-order valence-corrected chi connectivity index (χ3v) is 2.47. The second-order valence-corrected chi connectivity index (χ2v) is 3.80. The van der Waals surface area contributed by atoms with Gasteiger partial charge in [-0.1, -0.05) is 0 Å². The lowest BCUT2D eigenvalue weighted by Gasteiger charge is -2.16. The molecule has 0 aromatic carbocycles. The van der Waals surface area contributed by atoms with E-state index in [1.54, 1.807) is 0 Å². The van der Waals surface area contributed by atoms with E-state index in [2.05, 4.69) is 9.72 Å². The van der Waals surface area contributed by atoms with Gasteiger partial charge in [0.25, 0.3) is 6.43 Å². The van der Waals surface area contributed by atoms with Gasteiger partial charge in [0.05, 0.1) is 6.42 Å². The molecule has 1 heterocycles. The van der Waals surface area contributed by atoms with Crippen LogP contribution in [-0.2, 0) is 17.1 Å². The number of carboxylic acids is 1. The van der Waals surface area contributed by atoms with Crippen molar-refractivity contribution < 1.29 is 36.6 Å². The Kier molecular flexibility index (Phi) is 5.09. The van der Waals surface area contributed by atoms with Gasteiger partial charge in [-0.3, -0.25) is 4.79 Å². The fourth-order valence-corrected chi connectivity index (χ4v) is 1.78. The van der Waals surface area contributed by atoms with Crippen molar-refractivity contribution in [3.05, 3.63) is 22.9 Å². The SMILES string of the molecule is O=C(O)Cc1c(OC(F)(F)F)ncc(C(F)F)c1CCl. The Hall–Kier alpha value is -1.64. The number of aromatic nitrogens is 1. The Morgan fingerprint density at radius 1 is 1.40 bits per heavy atom. The fraction of sp³-hybridized carbons (Fsp3) is 0.400. The van der Waals surface area contributed by atoms with Gasteiger partial charge in [0.2, 0.25) is 5.88 Å². The summed E-state index contributed by atoms with van der Waals surface area (Å²) in [4.78, 5) is 13.7. The van der Waals surface area contributed by atoms with Gasteiger partial charge in [-0.2, -0.15) is 0 Å². The van der Waals surface area contributed by atoms with E-state index in [1.165, 1.54) is 0 Å². The number of hydrogen-bond acceptors (Lipinski definition) is 3. The smallest absolute Gasteiger partial charge is 0.481 e. The van der Waals surface area contributed by atoms with Crippen molar-refractivity contribution in [2.75, 3.05) is 0 Å². The summed E-state index contributed by atoms with van der Waals surface area (Å²) < 4.78 is 65.4. The van der Waals surface area contributed by atoms with Gasteiger partial charge >= 0.3 is 12.3 Å². The molecule has 0 aliphatic heterocycles. The molecule has 0 radical (unpaired) electrons. The standard InChI is InChI=1S/C10H7ClF5NO3/c11-2-5-4(1-7(18)19)9(20-10(14,15)16)17-3-6(5)8(12)13/h3,8H,1-2H2,(H,18,19). The molecule has 0 aliphatic carbocycles. The number of nitrogens with zero attached hydrogens (tertiary/aromatic N) is 1. The molecule has 1 N–H and O–H groups in total. The largest absolute Gasteiger partial charge is 0.574 e. The van der Waals surface area contributed by atoms with Crippen LogP contribution in [0.3, 0.4) is 0 Å². The van der Waals surface area contributed by atoms with E-state index in [0.717, 1.165) is 0 Å². The predicted octanol–water partition coefficient (Wildman–Crippen LogP) is 3.28. The Bertz CT molecular complexity index is 506. The highest BCUT2D eigenvalue weighted by Crippen LogP contribution is 2.33. The van der Waals surface area contributed by atoms with Gasteiger partial charge in [0.15, 0.2) is 0 Å². The third kappa shape index (κ3) is 4.19. The van der Waals surface area contributed by atoms with Crippen molar-refractivity contribution in [1.29, 1.82) is 0 Å². The average molecular weight is 320 g/mol. The first-order valence-corrected chi connectivity index (χ1v) is 5.51. The van der Waals surface area contributed by atoms with E-state index < -0.39 is 53.6 Å². The van der Waals surface area contributed by atoms with E-state index in [9.17, 15) is 26.7 Å². The quantitative estimate of drug-likeness (QED) is 0.668. The second-order valence-electron chi connectivity index (χ2n) is 3.53. The van der Waals surface area contributed by atoms with E-state index in [-0.39, 0.29) is 0 Å². The molecule has 1 aromatic rings. The number of ether oxygens (including phenoxy) is 1. The van der Waals surface area contributed by atoms with Crippen LogP contribution >= 0.6 is 11.6 Å². The lowest BCUT2D eigenvalue weighted by molar-refractivity contribution is -0.276. The molecule has 0 unspecified atom stereocenters. The lowest BCUT2D eigenvalue weighted by atomic mass is 10.0. The zero-order chi connectivity index (χ0) is 15.5. The highest BCUT2D eigenvalue weighted by atomic mass is 35.5. The molecule has 1 rings (SSSR count). The summed E-state index contributed by atoms with van der Waals surface area (Å²) >= 11 is 5.42. The number of hydrogen-bond donors (Lipinski definition) is 1. The molecule has 0 saturated carbocycles. The highest BCUT2D eigenvalue weighted by Gasteiger charge is 2.34. The maximum absolute atomic E-state index is 12.7. The van der Waals surface area contributed by atoms with Crippen LogP contribution in [0.4, 0.5) is 22.0 Å². The number of carboxylic acid groups (broad SMARTS) is 1. The molecule has 0 aliphatic rings. The normalized spacial score (nSPS) is 11.8. The topological polar surface area (TPSA) is 59.4 Å². The maximum Gasteiger partial charge on any atom is 0.574 e. The van der Waals surface area contributed by atoms with Gasteiger partial charge in [0.1, 0.15) is 0 Å². The molecular formula is C10H7ClF5NO3. The minimum atomic E-state index is -5.13. The highest BCUT2D eigenvalue weighted by molar-refractivity contribution is 6.17. The minimum absolute atomic E-state index is 0.432. The zero-order valence-electron chi connectivity index (χ0n) is 9.55. The van der Waals surface area contributed by atoms with Crippen LogP contribution in [0.1, 0.15) is 23.1 Å². The molecule has 4 nitrogen and oxygen atoms in total. The molecule has 20 heavy (non-hydrogen) atoms. The van der Waals surface area contributed by atoms with Crippen LogP contribution < -0.4 is 4.74 Å². The molecule has 112 valence electrons. The summed E-state index contributed by atoms with van der Waals surface area (Å²) in [6.45, 7) is 0. The fourth-order valence-electron chi connectivity index (χ4n) is 1.46. The van der Waals surface area contributed by atoms with E-state index in [1.807, 2.05) is 0 Å². The molecule has 10 heteroatoms. The minimum Gasteiger partial charge on any atom is -0.481 e. The number of halogens is 6. The van der Waals surface area contributed by atoms with Crippen LogP contribution in [0.15, 0.2) is 6.20 Å². The van der Waals surface area contributed by atoms with E-state index in [4.69, 9.17) is 16.7 Å². The Balaban J connectivity index is 3.40. The van der Waals surface area contributed by atoms with E-state index in [0.29, 0.717) is 6.20 Å². The Morgan fingerprint density at radius 3 is 2.40 bits per heavy atom. The van der Waals surface area contributed by atoms with Crippen molar-refractivity contribution in [1.82, 2.24) is 4.98 Å². The molecular weight excluding hydrogens is 313 g/mol. The van der Waals surface area contributed by atoms with Crippen molar-refractivity contribution in [2.45, 2.75) is 25.1 Å². The van der Waals surface area contributed by atoms with Crippen LogP contribution in [0.2, 0.25) is 0 Å². The number of carbonyl (C=O) groups is 1. The van der Waals surface area contributed by atoms with Gasteiger partial charge < -0.3 is 9.84 Å². The number of pyridine rings is 1. The monoisotopic (exact) mass is 319 g/mol. The molecule has 0 fully saturated rings. The summed E-state index contributed by atoms with van der Waals surface area (Å²) in [7, 11) is 0. The molecule has 0 saturated heterocycles. The van der Waals surface area contributed by atoms with Gasteiger partial charge in [-0.25, -0.2) is 13.8 Å². The Morgan fingerprint density at radius 2 is 2.00 bits per heavy atom. The van der Waals surface area contributed by atoms with Crippen LogP contribution in [0, 0.1) is 0 Å². The first kappa shape index (κ1) is 16.4. The first-order chi connectivity index (χ1) is 9.15. The Labute approximate surface area is 114 Å². The number of aliphatic carboxylic acids is 1. The van der Waals surface area contributed by atoms with Crippen LogP contribution in [0.5, 0.6) is 5.88 Å². The van der Waals surface area contributed by atoms with Crippen molar-refractivity contribution in [2.24, 2.45) is 0 Å². The summed E-state index contributed by atoms with van der Waals surface area (Å²) in [5.41, 5.74) is -1.79. The molecule has 0 bridgehead atoms. The van der Waals surface area contributed by atoms with Gasteiger partial charge in [0, 0.05) is 23.2 Å². The predicted molar refractivity (Wildman–Crippen MR) is 56.8 cm³/mol. The van der Waals surface area contributed by atoms with Gasteiger partial charge in [-0.05, 0) is 5.56 Å². The third-order valence-electron chi connectivity index (χ3n) is 2.20. The van der Waals surface area contributed by atoms with Crippen LogP contribution in [-0.4, -0.2) is 22.4 Å². The number of alkyl halides is 6. The second kappa shape index (κ2) is 6.21. The van der Waals surface area contributed by atoms with Crippen LogP contribution in [0.25, 0.3) is 0 Å². The summed E-state index contributed by atoms with van der Waals surface area (Å²) in [6, 6.07) is 0. The summed E-state index contributed by atoms with van der Waals surface area (Å²) in [5.74, 6) is -3.23. The molecule has 0 amide bonds. The average Bonchev–Trinajstić information content (AvgIpc) is 2.28. The van der Waals surface area contributed by atoms with Crippen molar-refractivity contribution in [3.8, 4) is 5.88 Å². The van der Waals surface area contributed by atoms with Crippen molar-refractivity contribution >= 4 is 17.6 Å². The van der Waals surface area contributed by atoms with E-state index >= 15 is 0 Å². The van der Waals surface area contributed by atoms with Gasteiger partial charge in [-0.15, -0.1) is 24.8 Å². The maximum atomic E-state index is 12.7. The molecule has 0 spiro atoms. The summed E-state index contributed by atoms with van der Waals surface area (Å²) in [6.07, 6.45) is -8.67.